The maximum atomic E-state index is 11.2. The Morgan fingerprint density at radius 2 is 2.14 bits per heavy atom. The summed E-state index contributed by atoms with van der Waals surface area (Å²) in [4.78, 5) is 12.7. The molecular formula is C12H13NO. The molecule has 2 nitrogen and oxygen atoms in total. The molecule has 0 unspecified atom stereocenters. The Balaban J connectivity index is 2.75. The summed E-state index contributed by atoms with van der Waals surface area (Å²) >= 11 is 0. The van der Waals surface area contributed by atoms with Crippen molar-refractivity contribution in [3.8, 4) is 0 Å². The number of hydrogen-bond acceptors (Lipinski definition) is 1. The van der Waals surface area contributed by atoms with Crippen LogP contribution in [0.25, 0.3) is 0 Å². The van der Waals surface area contributed by atoms with Gasteiger partial charge in [0.05, 0.1) is 6.54 Å². The minimum Gasteiger partial charge on any atom is -0.308 e. The van der Waals surface area contributed by atoms with Crippen molar-refractivity contribution in [3.63, 3.8) is 0 Å². The van der Waals surface area contributed by atoms with Gasteiger partial charge in [-0.3, -0.25) is 4.79 Å². The Morgan fingerprint density at radius 3 is 2.64 bits per heavy atom. The highest BCUT2D eigenvalue weighted by Crippen LogP contribution is 2.04. The molecule has 1 amide bonds. The molecule has 72 valence electrons. The van der Waals surface area contributed by atoms with Gasteiger partial charge in [0, 0.05) is 13.1 Å². The van der Waals surface area contributed by atoms with Crippen LogP contribution in [0.4, 0.5) is 0 Å². The van der Waals surface area contributed by atoms with E-state index in [1.165, 1.54) is 6.92 Å². The normalized spacial score (nSPS) is 8.93. The van der Waals surface area contributed by atoms with Crippen LogP contribution in [-0.4, -0.2) is 10.8 Å². The van der Waals surface area contributed by atoms with Gasteiger partial charge in [-0.2, -0.15) is 0 Å². The van der Waals surface area contributed by atoms with E-state index in [2.05, 4.69) is 12.3 Å². The van der Waals surface area contributed by atoms with E-state index < -0.39 is 0 Å². The molecule has 0 atom stereocenters. The van der Waals surface area contributed by atoms with Gasteiger partial charge in [-0.15, -0.1) is 5.73 Å². The number of hydrogen-bond donors (Lipinski definition) is 0. The van der Waals surface area contributed by atoms with E-state index in [9.17, 15) is 4.79 Å². The standard InChI is InChI=1S/C12H13NO/c1-3-9-13(11(2)14)10-12-7-5-4-6-8-12/h4-9H,1,10H2,2H3. The molecule has 0 radical (unpaired) electrons. The molecule has 1 rings (SSSR count). The summed E-state index contributed by atoms with van der Waals surface area (Å²) < 4.78 is 0. The minimum absolute atomic E-state index is 0.00926. The molecule has 0 heterocycles. The topological polar surface area (TPSA) is 20.3 Å². The number of benzene rings is 1. The van der Waals surface area contributed by atoms with Crippen molar-refractivity contribution in [1.82, 2.24) is 4.90 Å². The summed E-state index contributed by atoms with van der Waals surface area (Å²) in [5, 5.41) is 0. The fraction of sp³-hybridized carbons (Fsp3) is 0.167. The van der Waals surface area contributed by atoms with Gasteiger partial charge in [0.25, 0.3) is 0 Å². The molecule has 0 N–H and O–H groups in total. The van der Waals surface area contributed by atoms with Crippen molar-refractivity contribution in [3.05, 3.63) is 54.4 Å². The van der Waals surface area contributed by atoms with Gasteiger partial charge >= 0.3 is 0 Å². The lowest BCUT2D eigenvalue weighted by Crippen LogP contribution is -2.21. The predicted molar refractivity (Wildman–Crippen MR) is 56.4 cm³/mol. The van der Waals surface area contributed by atoms with E-state index in [0.717, 1.165) is 5.56 Å². The Kier molecular flexibility index (Phi) is 3.71. The first kappa shape index (κ1) is 10.3. The highest BCUT2D eigenvalue weighted by Gasteiger charge is 2.04. The molecule has 1 aromatic carbocycles. The Hall–Kier alpha value is -1.79. The van der Waals surface area contributed by atoms with Crippen LogP contribution in [0.15, 0.2) is 48.8 Å². The molecule has 2 heteroatoms. The molecule has 0 bridgehead atoms. The second-order valence-electron chi connectivity index (χ2n) is 2.97. The molecule has 0 spiro atoms. The Labute approximate surface area is 84.2 Å². The van der Waals surface area contributed by atoms with Gasteiger partial charge in [0.15, 0.2) is 0 Å². The summed E-state index contributed by atoms with van der Waals surface area (Å²) in [6.45, 7) is 5.54. The highest BCUT2D eigenvalue weighted by molar-refractivity contribution is 5.74. The summed E-state index contributed by atoms with van der Waals surface area (Å²) in [6, 6.07) is 9.81. The van der Waals surface area contributed by atoms with Gasteiger partial charge < -0.3 is 4.90 Å². The van der Waals surface area contributed by atoms with Crippen LogP contribution in [0.3, 0.4) is 0 Å². The summed E-state index contributed by atoms with van der Waals surface area (Å²) in [7, 11) is 0. The molecule has 1 aromatic rings. The van der Waals surface area contributed by atoms with Crippen LogP contribution < -0.4 is 0 Å². The number of amides is 1. The molecule has 0 saturated heterocycles. The van der Waals surface area contributed by atoms with Gasteiger partial charge in [0.2, 0.25) is 5.91 Å². The average molecular weight is 187 g/mol. The van der Waals surface area contributed by atoms with Crippen molar-refractivity contribution >= 4 is 5.91 Å². The van der Waals surface area contributed by atoms with E-state index in [-0.39, 0.29) is 5.91 Å². The molecule has 14 heavy (non-hydrogen) atoms. The van der Waals surface area contributed by atoms with Gasteiger partial charge in [0.1, 0.15) is 0 Å². The quantitative estimate of drug-likeness (QED) is 0.665. The first-order valence-electron chi connectivity index (χ1n) is 4.41. The number of rotatable bonds is 3. The Morgan fingerprint density at radius 1 is 1.50 bits per heavy atom. The Bertz CT molecular complexity index is 348. The van der Waals surface area contributed by atoms with Crippen molar-refractivity contribution in [1.29, 1.82) is 0 Å². The number of carbonyl (C=O) groups is 1. The van der Waals surface area contributed by atoms with Crippen molar-refractivity contribution in [2.75, 3.05) is 0 Å². The molecule has 0 saturated carbocycles. The second-order valence-corrected chi connectivity index (χ2v) is 2.97. The fourth-order valence-electron chi connectivity index (χ4n) is 1.14. The molecule has 0 aliphatic carbocycles. The minimum atomic E-state index is -0.00926. The lowest BCUT2D eigenvalue weighted by atomic mass is 10.2. The van der Waals surface area contributed by atoms with Crippen molar-refractivity contribution in [2.24, 2.45) is 0 Å². The van der Waals surface area contributed by atoms with E-state index >= 15 is 0 Å². The highest BCUT2D eigenvalue weighted by atomic mass is 16.2. The lowest BCUT2D eigenvalue weighted by Gasteiger charge is -2.14. The zero-order valence-corrected chi connectivity index (χ0v) is 8.23. The monoisotopic (exact) mass is 187 g/mol. The molecular weight excluding hydrogens is 174 g/mol. The summed E-state index contributed by atoms with van der Waals surface area (Å²) in [5.74, 6) is -0.00926. The van der Waals surface area contributed by atoms with Crippen molar-refractivity contribution in [2.45, 2.75) is 13.5 Å². The van der Waals surface area contributed by atoms with E-state index in [0.29, 0.717) is 6.54 Å². The van der Waals surface area contributed by atoms with Crippen LogP contribution in [0.1, 0.15) is 12.5 Å². The smallest absolute Gasteiger partial charge is 0.224 e. The van der Waals surface area contributed by atoms with Crippen LogP contribution in [-0.2, 0) is 11.3 Å². The van der Waals surface area contributed by atoms with Crippen molar-refractivity contribution < 1.29 is 4.79 Å². The number of nitrogens with zero attached hydrogens (tertiary/aromatic N) is 1. The maximum Gasteiger partial charge on any atom is 0.224 e. The first-order chi connectivity index (χ1) is 6.74. The third kappa shape index (κ3) is 2.92. The average Bonchev–Trinajstić information content (AvgIpc) is 2.18. The summed E-state index contributed by atoms with van der Waals surface area (Å²) in [5.41, 5.74) is 3.69. The molecule has 0 aliphatic heterocycles. The molecule has 0 aliphatic rings. The van der Waals surface area contributed by atoms with E-state index in [4.69, 9.17) is 0 Å². The third-order valence-electron chi connectivity index (χ3n) is 1.85. The first-order valence-corrected chi connectivity index (χ1v) is 4.41. The SMILES string of the molecule is C=C=CN(Cc1ccccc1)C(C)=O. The van der Waals surface area contributed by atoms with Gasteiger partial charge in [-0.1, -0.05) is 36.9 Å². The predicted octanol–water partition coefficient (Wildman–Crippen LogP) is 2.33. The third-order valence-corrected chi connectivity index (χ3v) is 1.85. The zero-order chi connectivity index (χ0) is 10.4. The lowest BCUT2D eigenvalue weighted by molar-refractivity contribution is -0.126. The fourth-order valence-corrected chi connectivity index (χ4v) is 1.14. The second kappa shape index (κ2) is 5.05. The van der Waals surface area contributed by atoms with Crippen LogP contribution in [0, 0.1) is 0 Å². The number of carbonyl (C=O) groups excluding carboxylic acids is 1. The molecule has 0 fully saturated rings. The van der Waals surface area contributed by atoms with E-state index in [1.807, 2.05) is 30.3 Å². The van der Waals surface area contributed by atoms with Crippen LogP contribution in [0.5, 0.6) is 0 Å². The van der Waals surface area contributed by atoms with E-state index in [1.54, 1.807) is 11.1 Å². The zero-order valence-electron chi connectivity index (χ0n) is 8.23. The summed E-state index contributed by atoms with van der Waals surface area (Å²) in [6.07, 6.45) is 1.56. The maximum absolute atomic E-state index is 11.2. The molecule has 0 aromatic heterocycles. The van der Waals surface area contributed by atoms with Gasteiger partial charge in [-0.25, -0.2) is 0 Å². The van der Waals surface area contributed by atoms with Crippen LogP contribution in [0.2, 0.25) is 0 Å². The largest absolute Gasteiger partial charge is 0.308 e. The van der Waals surface area contributed by atoms with Crippen LogP contribution >= 0.6 is 0 Å². The van der Waals surface area contributed by atoms with Gasteiger partial charge in [-0.05, 0) is 5.56 Å².